The van der Waals surface area contributed by atoms with Crippen LogP contribution in [-0.4, -0.2) is 58.2 Å². The van der Waals surface area contributed by atoms with Gasteiger partial charge < -0.3 is 20.6 Å². The van der Waals surface area contributed by atoms with Crippen LogP contribution >= 0.6 is 23.2 Å². The molecule has 0 aliphatic rings. The van der Waals surface area contributed by atoms with E-state index in [1.165, 1.54) is 12.3 Å². The molecule has 1 heterocycles. The highest BCUT2D eigenvalue weighted by Gasteiger charge is 2.19. The number of benzene rings is 2. The molecule has 38 heavy (non-hydrogen) atoms. The number of amides is 2. The van der Waals surface area contributed by atoms with Crippen molar-refractivity contribution in [2.75, 3.05) is 36.4 Å². The average Bonchev–Trinajstić information content (AvgIpc) is 2.91. The van der Waals surface area contributed by atoms with Gasteiger partial charge in [0.15, 0.2) is 0 Å². The fourth-order valence-corrected chi connectivity index (χ4v) is 4.15. The molecule has 9 nitrogen and oxygen atoms in total. The number of nitrogens with one attached hydrogen (secondary N) is 2. The molecular weight excluding hydrogens is 527 g/mol. The minimum absolute atomic E-state index is 0.0372. The van der Waals surface area contributed by atoms with E-state index in [9.17, 15) is 14.7 Å². The number of carboxylic acid groups (broad SMARTS) is 1. The summed E-state index contributed by atoms with van der Waals surface area (Å²) in [5, 5.41) is 16.6. The third kappa shape index (κ3) is 8.58. The largest absolute Gasteiger partial charge is 0.465 e. The van der Waals surface area contributed by atoms with E-state index < -0.39 is 6.09 Å². The summed E-state index contributed by atoms with van der Waals surface area (Å²) < 4.78 is 0. The predicted octanol–water partition coefficient (Wildman–Crippen LogP) is 6.06. The van der Waals surface area contributed by atoms with Crippen molar-refractivity contribution in [1.29, 1.82) is 0 Å². The number of nitrogens with zero attached hydrogens (tertiary/aromatic N) is 4. The molecule has 0 aliphatic heterocycles. The molecule has 2 amide bonds. The van der Waals surface area contributed by atoms with Crippen molar-refractivity contribution in [2.24, 2.45) is 0 Å². The number of aromatic nitrogens is 2. The van der Waals surface area contributed by atoms with Crippen LogP contribution in [0.15, 0.2) is 54.7 Å². The van der Waals surface area contributed by atoms with Gasteiger partial charge in [-0.2, -0.15) is 4.98 Å². The van der Waals surface area contributed by atoms with Crippen molar-refractivity contribution in [3.63, 3.8) is 0 Å². The summed E-state index contributed by atoms with van der Waals surface area (Å²) in [5.74, 6) is 0.244. The number of hydrogen-bond donors (Lipinski definition) is 3. The normalized spacial score (nSPS) is 10.9. The number of rotatable bonds is 13. The van der Waals surface area contributed by atoms with Crippen LogP contribution < -0.4 is 15.5 Å². The molecular formula is C27H32Cl2N6O3. The summed E-state index contributed by atoms with van der Waals surface area (Å²) in [4.78, 5) is 36.4. The SMILES string of the molecule is CCN(CC)CCCCNC(=O)c1ccc(Nc2nccc(N(Cc3cc(Cl)ccc3Cl)C(=O)O)n2)cc1. The lowest BCUT2D eigenvalue weighted by Crippen LogP contribution is -2.29. The smallest absolute Gasteiger partial charge is 0.413 e. The van der Waals surface area contributed by atoms with E-state index >= 15 is 0 Å². The molecule has 202 valence electrons. The summed E-state index contributed by atoms with van der Waals surface area (Å²) in [5.41, 5.74) is 1.74. The van der Waals surface area contributed by atoms with Crippen LogP contribution in [0.4, 0.5) is 22.2 Å². The molecule has 0 unspecified atom stereocenters. The molecule has 3 rings (SSSR count). The van der Waals surface area contributed by atoms with Crippen molar-refractivity contribution in [1.82, 2.24) is 20.2 Å². The standard InChI is InChI=1S/C27H32Cl2N6O3/c1-3-34(4-2)16-6-5-14-30-25(36)19-7-10-22(11-8-19)32-26-31-15-13-24(33-26)35(27(37)38)18-20-17-21(28)9-12-23(20)29/h7-13,15,17H,3-6,14,16,18H2,1-2H3,(H,30,36)(H,37,38)(H,31,32,33). The Kier molecular flexibility index (Phi) is 11.1. The zero-order valence-corrected chi connectivity index (χ0v) is 23.0. The lowest BCUT2D eigenvalue weighted by atomic mass is 10.2. The first-order chi connectivity index (χ1) is 18.3. The third-order valence-electron chi connectivity index (χ3n) is 5.97. The molecule has 3 aromatic rings. The molecule has 0 saturated carbocycles. The highest BCUT2D eigenvalue weighted by Crippen LogP contribution is 2.25. The first kappa shape index (κ1) is 29.2. The van der Waals surface area contributed by atoms with Crippen molar-refractivity contribution < 1.29 is 14.7 Å². The van der Waals surface area contributed by atoms with E-state index in [0.29, 0.717) is 33.4 Å². The number of unbranched alkanes of at least 4 members (excludes halogenated alkanes) is 1. The first-order valence-electron chi connectivity index (χ1n) is 12.5. The van der Waals surface area contributed by atoms with Gasteiger partial charge in [-0.25, -0.2) is 9.78 Å². The maximum atomic E-state index is 12.5. The van der Waals surface area contributed by atoms with E-state index in [1.54, 1.807) is 42.5 Å². The number of carbonyl (C=O) groups is 2. The fraction of sp³-hybridized carbons (Fsp3) is 0.333. The monoisotopic (exact) mass is 558 g/mol. The summed E-state index contributed by atoms with van der Waals surface area (Å²) in [6.45, 7) is 7.99. The van der Waals surface area contributed by atoms with Crippen molar-refractivity contribution in [3.8, 4) is 0 Å². The third-order valence-corrected chi connectivity index (χ3v) is 6.57. The van der Waals surface area contributed by atoms with Gasteiger partial charge in [-0.3, -0.25) is 9.69 Å². The Hall–Kier alpha value is -3.40. The number of anilines is 3. The van der Waals surface area contributed by atoms with Gasteiger partial charge in [0, 0.05) is 34.0 Å². The second kappa shape index (κ2) is 14.5. The van der Waals surface area contributed by atoms with E-state index in [4.69, 9.17) is 23.2 Å². The Bertz CT molecular complexity index is 1220. The van der Waals surface area contributed by atoms with Crippen LogP contribution in [-0.2, 0) is 6.54 Å². The van der Waals surface area contributed by atoms with Crippen LogP contribution in [0, 0.1) is 0 Å². The highest BCUT2D eigenvalue weighted by atomic mass is 35.5. The Morgan fingerprint density at radius 2 is 1.74 bits per heavy atom. The molecule has 1 aromatic heterocycles. The number of hydrogen-bond acceptors (Lipinski definition) is 6. The summed E-state index contributed by atoms with van der Waals surface area (Å²) in [6.07, 6.45) is 2.22. The summed E-state index contributed by atoms with van der Waals surface area (Å²) >= 11 is 12.3. The molecule has 0 spiro atoms. The van der Waals surface area contributed by atoms with Crippen LogP contribution in [0.2, 0.25) is 10.0 Å². The van der Waals surface area contributed by atoms with Gasteiger partial charge in [-0.15, -0.1) is 0 Å². The minimum atomic E-state index is -1.20. The lowest BCUT2D eigenvalue weighted by Gasteiger charge is -2.19. The van der Waals surface area contributed by atoms with E-state index in [2.05, 4.69) is 39.3 Å². The Labute approximate surface area is 232 Å². The van der Waals surface area contributed by atoms with Crippen molar-refractivity contribution in [3.05, 3.63) is 75.9 Å². The maximum Gasteiger partial charge on any atom is 0.413 e. The Balaban J connectivity index is 1.59. The number of halogens is 2. The molecule has 11 heteroatoms. The topological polar surface area (TPSA) is 111 Å². The predicted molar refractivity (Wildman–Crippen MR) is 152 cm³/mol. The second-order valence-corrected chi connectivity index (χ2v) is 9.38. The second-order valence-electron chi connectivity index (χ2n) is 8.54. The van der Waals surface area contributed by atoms with Gasteiger partial charge >= 0.3 is 6.09 Å². The van der Waals surface area contributed by atoms with Gasteiger partial charge in [0.05, 0.1) is 6.54 Å². The van der Waals surface area contributed by atoms with Crippen LogP contribution in [0.3, 0.4) is 0 Å². The van der Waals surface area contributed by atoms with Crippen LogP contribution in [0.5, 0.6) is 0 Å². The summed E-state index contributed by atoms with van der Waals surface area (Å²) in [7, 11) is 0. The Morgan fingerprint density at radius 3 is 2.42 bits per heavy atom. The zero-order valence-electron chi connectivity index (χ0n) is 21.5. The summed E-state index contributed by atoms with van der Waals surface area (Å²) in [6, 6.07) is 13.3. The molecule has 0 atom stereocenters. The highest BCUT2D eigenvalue weighted by molar-refractivity contribution is 6.33. The molecule has 0 radical (unpaired) electrons. The molecule has 3 N–H and O–H groups in total. The van der Waals surface area contributed by atoms with E-state index in [1.807, 2.05) is 0 Å². The van der Waals surface area contributed by atoms with Gasteiger partial charge in [-0.05, 0) is 86.6 Å². The van der Waals surface area contributed by atoms with E-state index in [0.717, 1.165) is 37.4 Å². The molecule has 0 aliphatic carbocycles. The van der Waals surface area contributed by atoms with Crippen LogP contribution in [0.1, 0.15) is 42.6 Å². The Morgan fingerprint density at radius 1 is 1.00 bits per heavy atom. The first-order valence-corrected chi connectivity index (χ1v) is 13.2. The van der Waals surface area contributed by atoms with Gasteiger partial charge in [0.1, 0.15) is 5.82 Å². The maximum absolute atomic E-state index is 12.5. The minimum Gasteiger partial charge on any atom is -0.465 e. The lowest BCUT2D eigenvalue weighted by molar-refractivity contribution is 0.0952. The fourth-order valence-electron chi connectivity index (χ4n) is 3.78. The average molecular weight is 559 g/mol. The van der Waals surface area contributed by atoms with Crippen molar-refractivity contribution >= 4 is 52.7 Å². The molecule has 0 saturated heterocycles. The quantitative estimate of drug-likeness (QED) is 0.218. The van der Waals surface area contributed by atoms with Crippen molar-refractivity contribution in [2.45, 2.75) is 33.2 Å². The molecule has 0 bridgehead atoms. The van der Waals surface area contributed by atoms with Gasteiger partial charge in [0.25, 0.3) is 5.91 Å². The molecule has 0 fully saturated rings. The van der Waals surface area contributed by atoms with Gasteiger partial charge in [0.2, 0.25) is 5.95 Å². The van der Waals surface area contributed by atoms with Crippen LogP contribution in [0.25, 0.3) is 0 Å². The van der Waals surface area contributed by atoms with E-state index in [-0.39, 0.29) is 24.2 Å². The molecule has 2 aromatic carbocycles. The van der Waals surface area contributed by atoms with Gasteiger partial charge in [-0.1, -0.05) is 37.0 Å². The zero-order chi connectivity index (χ0) is 27.5. The number of carbonyl (C=O) groups excluding carboxylic acids is 1.